The number of nitrogens with zero attached hydrogens (tertiary/aromatic N) is 1. The van der Waals surface area contributed by atoms with Gasteiger partial charge in [0.1, 0.15) is 5.76 Å². The summed E-state index contributed by atoms with van der Waals surface area (Å²) >= 11 is 0. The van der Waals surface area contributed by atoms with Crippen LogP contribution in [0.25, 0.3) is 10.9 Å². The van der Waals surface area contributed by atoms with Crippen molar-refractivity contribution in [2.75, 3.05) is 7.11 Å². The predicted octanol–water partition coefficient (Wildman–Crippen LogP) is 3.10. The summed E-state index contributed by atoms with van der Waals surface area (Å²) in [5.41, 5.74) is 1.38. The first-order valence-electron chi connectivity index (χ1n) is 12.1. The second-order valence-electron chi connectivity index (χ2n) is 9.65. The van der Waals surface area contributed by atoms with Crippen LogP contribution in [-0.4, -0.2) is 40.7 Å². The first-order chi connectivity index (χ1) is 16.9. The molecule has 2 saturated carbocycles. The highest BCUT2D eigenvalue weighted by Gasteiger charge is 2.45. The highest BCUT2D eigenvalue weighted by molar-refractivity contribution is 6.10. The van der Waals surface area contributed by atoms with Crippen molar-refractivity contribution < 1.29 is 24.6 Å². The van der Waals surface area contributed by atoms with E-state index in [1.54, 1.807) is 42.6 Å². The molecule has 0 radical (unpaired) electrons. The van der Waals surface area contributed by atoms with Gasteiger partial charge in [0, 0.05) is 40.8 Å². The molecule has 1 amide bonds. The first kappa shape index (κ1) is 23.1. The van der Waals surface area contributed by atoms with E-state index in [0.29, 0.717) is 28.5 Å². The van der Waals surface area contributed by atoms with Crippen LogP contribution in [-0.2, 0) is 4.74 Å². The fourth-order valence-electron chi connectivity index (χ4n) is 5.05. The Kier molecular flexibility index (Phi) is 6.06. The number of ether oxygens (including phenoxy) is 1. The minimum atomic E-state index is -0.500. The maximum atomic E-state index is 13.0. The third-order valence-electron chi connectivity index (χ3n) is 7.33. The predicted molar refractivity (Wildman–Crippen MR) is 131 cm³/mol. The van der Waals surface area contributed by atoms with Gasteiger partial charge in [-0.25, -0.2) is 0 Å². The molecule has 8 heteroatoms. The van der Waals surface area contributed by atoms with Crippen LogP contribution < -0.4 is 15.4 Å². The smallest absolute Gasteiger partial charge is 0.325 e. The minimum absolute atomic E-state index is 0.0784. The summed E-state index contributed by atoms with van der Waals surface area (Å²) < 4.78 is 6.27. The number of pyridine rings is 1. The molecular formula is C27H31N4O4+. The van der Waals surface area contributed by atoms with Crippen molar-refractivity contribution in [2.24, 2.45) is 5.92 Å². The van der Waals surface area contributed by atoms with Crippen LogP contribution in [0.1, 0.15) is 49.0 Å². The molecule has 5 N–H and O–H groups in total. The Hall–Kier alpha value is -3.65. The quantitative estimate of drug-likeness (QED) is 0.325. The number of benzene rings is 1. The topological polar surface area (TPSA) is 119 Å². The molecule has 0 spiro atoms. The summed E-state index contributed by atoms with van der Waals surface area (Å²) in [5, 5.41) is 36.8. The third-order valence-corrected chi connectivity index (χ3v) is 7.33. The monoisotopic (exact) mass is 475 g/mol. The number of rotatable bonds is 6. The van der Waals surface area contributed by atoms with Crippen molar-refractivity contribution in [3.63, 3.8) is 0 Å². The van der Waals surface area contributed by atoms with Crippen LogP contribution in [0, 0.1) is 11.3 Å². The number of aliphatic hydroxyl groups is 1. The summed E-state index contributed by atoms with van der Waals surface area (Å²) in [6.07, 6.45) is 10.7. The molecule has 0 bridgehead atoms. The SMILES string of the molecule is COC1=CC(=N)/C(=C\N[C@H]2CC[C@@](O)(C3CC3)CC2)C=C1NC(=O)c1ccc2ccccc2[n+]1O. The van der Waals surface area contributed by atoms with E-state index in [0.717, 1.165) is 48.6 Å². The molecular weight excluding hydrogens is 444 g/mol. The van der Waals surface area contributed by atoms with Gasteiger partial charge in [0.2, 0.25) is 0 Å². The van der Waals surface area contributed by atoms with E-state index < -0.39 is 11.5 Å². The maximum Gasteiger partial charge on any atom is 0.325 e. The lowest BCUT2D eigenvalue weighted by atomic mass is 9.79. The number of hydrogen-bond donors (Lipinski definition) is 5. The second kappa shape index (κ2) is 9.19. The van der Waals surface area contributed by atoms with Crippen LogP contribution in [0.4, 0.5) is 0 Å². The molecule has 35 heavy (non-hydrogen) atoms. The van der Waals surface area contributed by atoms with Crippen molar-refractivity contribution >= 4 is 22.5 Å². The standard InChI is InChI=1S/C27H30N4O4/c1-35-25-15-21(28)18(16-29-20-10-12-27(33,13-11-20)19-7-8-19)14-22(25)30-26(32)24-9-6-17-4-2-3-5-23(17)31(24)34/h2-6,9,14-16,19-20,28,32-34H,7-8,10-13H2,1H3/p+1/t20-,27-. The zero-order valence-corrected chi connectivity index (χ0v) is 19.8. The molecule has 1 aromatic heterocycles. The molecule has 0 saturated heterocycles. The molecule has 1 aromatic carbocycles. The van der Waals surface area contributed by atoms with E-state index in [1.165, 1.54) is 7.11 Å². The summed E-state index contributed by atoms with van der Waals surface area (Å²) in [4.78, 5) is 13.0. The van der Waals surface area contributed by atoms with Gasteiger partial charge in [0.15, 0.2) is 0 Å². The Labute approximate surface area is 204 Å². The highest BCUT2D eigenvalue weighted by atomic mass is 16.5. The fourth-order valence-corrected chi connectivity index (χ4v) is 5.05. The van der Waals surface area contributed by atoms with E-state index in [-0.39, 0.29) is 17.4 Å². The molecule has 2 fully saturated rings. The minimum Gasteiger partial charge on any atom is -0.494 e. The molecule has 2 aromatic rings. The molecule has 3 aliphatic carbocycles. The van der Waals surface area contributed by atoms with E-state index in [4.69, 9.17) is 10.1 Å². The number of fused-ring (bicyclic) bond motifs is 1. The number of para-hydroxylation sites is 1. The Bertz CT molecular complexity index is 1270. The molecule has 0 unspecified atom stereocenters. The van der Waals surface area contributed by atoms with Crippen LogP contribution in [0.3, 0.4) is 0 Å². The first-order valence-corrected chi connectivity index (χ1v) is 12.1. The summed E-state index contributed by atoms with van der Waals surface area (Å²) in [7, 11) is 1.48. The number of methoxy groups -OCH3 is 1. The van der Waals surface area contributed by atoms with E-state index >= 15 is 0 Å². The maximum absolute atomic E-state index is 13.0. The fraction of sp³-hybridized carbons (Fsp3) is 0.370. The Balaban J connectivity index is 1.31. The van der Waals surface area contributed by atoms with Gasteiger partial charge in [-0.2, -0.15) is 0 Å². The average molecular weight is 476 g/mol. The Morgan fingerprint density at radius 2 is 1.89 bits per heavy atom. The van der Waals surface area contributed by atoms with Crippen LogP contribution in [0.5, 0.6) is 0 Å². The Morgan fingerprint density at radius 3 is 2.60 bits per heavy atom. The lowest BCUT2D eigenvalue weighted by Crippen LogP contribution is -2.42. The molecule has 5 rings (SSSR count). The number of aromatic nitrogens is 1. The van der Waals surface area contributed by atoms with E-state index in [2.05, 4.69) is 10.6 Å². The highest BCUT2D eigenvalue weighted by Crippen LogP contribution is 2.47. The molecule has 182 valence electrons. The number of hydrogen-bond acceptors (Lipinski definition) is 6. The van der Waals surface area contributed by atoms with Gasteiger partial charge in [-0.3, -0.25) is 10.0 Å². The van der Waals surface area contributed by atoms with Gasteiger partial charge in [-0.05, 0) is 62.7 Å². The van der Waals surface area contributed by atoms with E-state index in [9.17, 15) is 15.1 Å². The zero-order valence-electron chi connectivity index (χ0n) is 19.8. The van der Waals surface area contributed by atoms with Gasteiger partial charge in [-0.15, -0.1) is 0 Å². The molecule has 0 atom stereocenters. The second-order valence-corrected chi connectivity index (χ2v) is 9.65. The average Bonchev–Trinajstić information content (AvgIpc) is 3.72. The number of carbonyl (C=O) groups is 1. The third kappa shape index (κ3) is 4.66. The van der Waals surface area contributed by atoms with Crippen LogP contribution in [0.15, 0.2) is 71.8 Å². The zero-order chi connectivity index (χ0) is 24.6. The largest absolute Gasteiger partial charge is 0.494 e. The van der Waals surface area contributed by atoms with Gasteiger partial charge < -0.3 is 25.9 Å². The van der Waals surface area contributed by atoms with Crippen LogP contribution >= 0.6 is 0 Å². The van der Waals surface area contributed by atoms with Gasteiger partial charge in [0.25, 0.3) is 5.52 Å². The molecule has 0 aliphatic heterocycles. The van der Waals surface area contributed by atoms with E-state index in [1.807, 2.05) is 12.1 Å². The van der Waals surface area contributed by atoms with Crippen LogP contribution in [0.2, 0.25) is 0 Å². The van der Waals surface area contributed by atoms with Gasteiger partial charge in [0.05, 0.1) is 29.5 Å². The molecule has 8 nitrogen and oxygen atoms in total. The number of carbonyl (C=O) groups excluding carboxylic acids is 1. The Morgan fingerprint density at radius 1 is 1.14 bits per heavy atom. The molecule has 3 aliphatic rings. The van der Waals surface area contributed by atoms with Gasteiger partial charge >= 0.3 is 11.6 Å². The lowest BCUT2D eigenvalue weighted by molar-refractivity contribution is -0.885. The lowest BCUT2D eigenvalue weighted by Gasteiger charge is -2.36. The van der Waals surface area contributed by atoms with Crippen molar-refractivity contribution in [1.29, 1.82) is 5.41 Å². The molecule has 1 heterocycles. The summed E-state index contributed by atoms with van der Waals surface area (Å²) in [6.45, 7) is 0. The number of allylic oxidation sites excluding steroid dienone is 3. The normalized spacial score (nSPS) is 25.7. The number of amides is 1. The number of nitrogens with one attached hydrogen (secondary N) is 3. The summed E-state index contributed by atoms with van der Waals surface area (Å²) in [6, 6.07) is 10.8. The van der Waals surface area contributed by atoms with Crippen molar-refractivity contribution in [3.05, 3.63) is 77.5 Å². The van der Waals surface area contributed by atoms with Gasteiger partial charge in [-0.1, -0.05) is 12.1 Å². The van der Waals surface area contributed by atoms with Crippen molar-refractivity contribution in [3.8, 4) is 0 Å². The summed E-state index contributed by atoms with van der Waals surface area (Å²) in [5.74, 6) is 0.331. The van der Waals surface area contributed by atoms with Crippen molar-refractivity contribution in [1.82, 2.24) is 10.6 Å². The van der Waals surface area contributed by atoms with Crippen molar-refractivity contribution in [2.45, 2.75) is 50.2 Å².